The number of morpholine rings is 1. The van der Waals surface area contributed by atoms with Crippen molar-refractivity contribution in [3.8, 4) is 0 Å². The summed E-state index contributed by atoms with van der Waals surface area (Å²) in [6, 6.07) is 5.85. The lowest BCUT2D eigenvalue weighted by atomic mass is 9.95. The van der Waals surface area contributed by atoms with E-state index in [0.29, 0.717) is 57.8 Å². The first kappa shape index (κ1) is 21.7. The van der Waals surface area contributed by atoms with Crippen LogP contribution in [-0.2, 0) is 14.3 Å². The van der Waals surface area contributed by atoms with Gasteiger partial charge in [0.05, 0.1) is 13.2 Å². The highest BCUT2D eigenvalue weighted by Crippen LogP contribution is 2.36. The Balaban J connectivity index is 1.47. The fraction of sp³-hybridized carbons (Fsp3) is 0.500. The number of benzene rings is 1. The molecule has 3 rings (SSSR count). The van der Waals surface area contributed by atoms with Crippen LogP contribution in [0.4, 0.5) is 13.2 Å². The SMILES string of the molecule is O=C(/C=C/c1ccc(SC(F)(F)F)cc1)N1CCC(C(=O)N2CCOCC2)CC1. The molecule has 0 aromatic heterocycles. The van der Waals surface area contributed by atoms with Crippen LogP contribution in [0.15, 0.2) is 35.2 Å². The van der Waals surface area contributed by atoms with Gasteiger partial charge in [0.15, 0.2) is 0 Å². The van der Waals surface area contributed by atoms with E-state index < -0.39 is 5.51 Å². The first-order chi connectivity index (χ1) is 13.8. The highest BCUT2D eigenvalue weighted by Gasteiger charge is 2.30. The number of piperidine rings is 1. The molecule has 158 valence electrons. The van der Waals surface area contributed by atoms with Crippen molar-refractivity contribution in [1.82, 2.24) is 9.80 Å². The normalized spacial score (nSPS) is 19.0. The fourth-order valence-corrected chi connectivity index (χ4v) is 3.98. The molecule has 0 radical (unpaired) electrons. The van der Waals surface area contributed by atoms with E-state index in [1.54, 1.807) is 23.1 Å². The molecule has 0 spiro atoms. The third kappa shape index (κ3) is 6.50. The Bertz CT molecular complexity index is 738. The second-order valence-electron chi connectivity index (χ2n) is 6.99. The van der Waals surface area contributed by atoms with E-state index in [4.69, 9.17) is 4.74 Å². The monoisotopic (exact) mass is 428 g/mol. The summed E-state index contributed by atoms with van der Waals surface area (Å²) in [5, 5.41) is 0. The molecular weight excluding hydrogens is 405 g/mol. The lowest BCUT2D eigenvalue weighted by Crippen LogP contribution is -2.47. The van der Waals surface area contributed by atoms with Crippen molar-refractivity contribution in [2.75, 3.05) is 39.4 Å². The summed E-state index contributed by atoms with van der Waals surface area (Å²) >= 11 is -0.168. The number of hydrogen-bond donors (Lipinski definition) is 0. The van der Waals surface area contributed by atoms with E-state index in [1.807, 2.05) is 4.90 Å². The standard InChI is InChI=1S/C20H23F3N2O3S/c21-20(22,23)29-17-4-1-15(2-5-17)3-6-18(26)24-9-7-16(8-10-24)19(27)25-11-13-28-14-12-25/h1-6,16H,7-14H2/b6-3+. The van der Waals surface area contributed by atoms with Crippen molar-refractivity contribution in [2.24, 2.45) is 5.92 Å². The zero-order valence-electron chi connectivity index (χ0n) is 15.9. The fourth-order valence-electron chi connectivity index (χ4n) is 3.44. The van der Waals surface area contributed by atoms with Crippen LogP contribution in [-0.4, -0.2) is 66.5 Å². The Kier molecular flexibility index (Phi) is 7.23. The number of amides is 2. The van der Waals surface area contributed by atoms with Crippen molar-refractivity contribution in [3.05, 3.63) is 35.9 Å². The molecule has 5 nitrogen and oxygen atoms in total. The zero-order valence-corrected chi connectivity index (χ0v) is 16.7. The van der Waals surface area contributed by atoms with Crippen molar-refractivity contribution in [2.45, 2.75) is 23.2 Å². The summed E-state index contributed by atoms with van der Waals surface area (Å²) in [6.07, 6.45) is 4.30. The van der Waals surface area contributed by atoms with E-state index in [9.17, 15) is 22.8 Å². The molecule has 0 bridgehead atoms. The lowest BCUT2D eigenvalue weighted by molar-refractivity contribution is -0.142. The molecule has 1 aromatic rings. The number of halogens is 3. The molecule has 9 heteroatoms. The maximum absolute atomic E-state index is 12.5. The van der Waals surface area contributed by atoms with E-state index in [2.05, 4.69) is 0 Å². The van der Waals surface area contributed by atoms with Crippen LogP contribution in [0, 0.1) is 5.92 Å². The zero-order chi connectivity index (χ0) is 20.9. The topological polar surface area (TPSA) is 49.9 Å². The first-order valence-electron chi connectivity index (χ1n) is 9.51. The summed E-state index contributed by atoms with van der Waals surface area (Å²) in [5.41, 5.74) is -3.66. The molecule has 0 N–H and O–H groups in total. The molecule has 2 amide bonds. The largest absolute Gasteiger partial charge is 0.446 e. The second kappa shape index (κ2) is 9.67. The predicted molar refractivity (Wildman–Crippen MR) is 104 cm³/mol. The third-order valence-electron chi connectivity index (χ3n) is 5.01. The number of alkyl halides is 3. The van der Waals surface area contributed by atoms with Gasteiger partial charge >= 0.3 is 5.51 Å². The predicted octanol–water partition coefficient (Wildman–Crippen LogP) is 3.41. The van der Waals surface area contributed by atoms with Crippen LogP contribution in [0.2, 0.25) is 0 Å². The van der Waals surface area contributed by atoms with E-state index in [0.717, 1.165) is 0 Å². The molecule has 0 aliphatic carbocycles. The molecule has 2 heterocycles. The highest BCUT2D eigenvalue weighted by molar-refractivity contribution is 8.00. The van der Waals surface area contributed by atoms with Gasteiger partial charge in [-0.15, -0.1) is 0 Å². The second-order valence-corrected chi connectivity index (χ2v) is 8.13. The molecule has 0 unspecified atom stereocenters. The number of rotatable bonds is 4. The number of carbonyl (C=O) groups is 2. The average Bonchev–Trinajstić information content (AvgIpc) is 2.72. The smallest absolute Gasteiger partial charge is 0.378 e. The maximum Gasteiger partial charge on any atom is 0.446 e. The van der Waals surface area contributed by atoms with Gasteiger partial charge in [-0.05, 0) is 48.4 Å². The van der Waals surface area contributed by atoms with Crippen LogP contribution < -0.4 is 0 Å². The Labute approximate surface area is 171 Å². The Morgan fingerprint density at radius 1 is 1.00 bits per heavy atom. The quantitative estimate of drug-likeness (QED) is 0.545. The molecule has 2 aliphatic rings. The molecule has 1 aromatic carbocycles. The highest BCUT2D eigenvalue weighted by atomic mass is 32.2. The van der Waals surface area contributed by atoms with Crippen molar-refractivity contribution < 1.29 is 27.5 Å². The average molecular weight is 428 g/mol. The van der Waals surface area contributed by atoms with E-state index in [-0.39, 0.29) is 34.4 Å². The number of ether oxygens (including phenoxy) is 1. The minimum absolute atomic E-state index is 0.0557. The Morgan fingerprint density at radius 2 is 1.62 bits per heavy atom. The molecule has 0 saturated carbocycles. The summed E-state index contributed by atoms with van der Waals surface area (Å²) in [6.45, 7) is 3.44. The number of nitrogens with zero attached hydrogens (tertiary/aromatic N) is 2. The van der Waals surface area contributed by atoms with Crippen molar-refractivity contribution in [1.29, 1.82) is 0 Å². The third-order valence-corrected chi connectivity index (χ3v) is 5.75. The molecule has 29 heavy (non-hydrogen) atoms. The van der Waals surface area contributed by atoms with Gasteiger partial charge in [-0.25, -0.2) is 0 Å². The van der Waals surface area contributed by atoms with Crippen LogP contribution in [0.3, 0.4) is 0 Å². The summed E-state index contributed by atoms with van der Waals surface area (Å²) < 4.78 is 42.3. The van der Waals surface area contributed by atoms with Crippen molar-refractivity contribution in [3.63, 3.8) is 0 Å². The number of likely N-dealkylation sites (tertiary alicyclic amines) is 1. The molecule has 0 atom stereocenters. The molecule has 2 fully saturated rings. The molecular formula is C20H23F3N2O3S. The van der Waals surface area contributed by atoms with Crippen LogP contribution in [0.1, 0.15) is 18.4 Å². The van der Waals surface area contributed by atoms with Crippen LogP contribution >= 0.6 is 11.8 Å². The van der Waals surface area contributed by atoms with Gasteiger partial charge in [0.1, 0.15) is 0 Å². The summed E-state index contributed by atoms with van der Waals surface area (Å²) in [7, 11) is 0. The van der Waals surface area contributed by atoms with Gasteiger partial charge < -0.3 is 14.5 Å². The molecule has 2 aliphatic heterocycles. The van der Waals surface area contributed by atoms with Crippen LogP contribution in [0.25, 0.3) is 6.08 Å². The van der Waals surface area contributed by atoms with Crippen molar-refractivity contribution >= 4 is 29.7 Å². The summed E-state index contributed by atoms with van der Waals surface area (Å²) in [5.74, 6) is -0.0661. The summed E-state index contributed by atoms with van der Waals surface area (Å²) in [4.78, 5) is 28.6. The van der Waals surface area contributed by atoms with Gasteiger partial charge in [-0.1, -0.05) is 12.1 Å². The minimum atomic E-state index is -4.32. The number of thioether (sulfide) groups is 1. The van der Waals surface area contributed by atoms with Gasteiger partial charge in [-0.3, -0.25) is 9.59 Å². The Morgan fingerprint density at radius 3 is 2.21 bits per heavy atom. The van der Waals surface area contributed by atoms with Crippen LogP contribution in [0.5, 0.6) is 0 Å². The minimum Gasteiger partial charge on any atom is -0.378 e. The van der Waals surface area contributed by atoms with Gasteiger partial charge in [0, 0.05) is 43.1 Å². The van der Waals surface area contributed by atoms with Gasteiger partial charge in [0.25, 0.3) is 0 Å². The molecule has 2 saturated heterocycles. The van der Waals surface area contributed by atoms with E-state index >= 15 is 0 Å². The lowest BCUT2D eigenvalue weighted by Gasteiger charge is -2.35. The van der Waals surface area contributed by atoms with E-state index in [1.165, 1.54) is 18.2 Å². The number of hydrogen-bond acceptors (Lipinski definition) is 4. The number of carbonyl (C=O) groups excluding carboxylic acids is 2. The van der Waals surface area contributed by atoms with Gasteiger partial charge in [-0.2, -0.15) is 13.2 Å². The maximum atomic E-state index is 12.5. The first-order valence-corrected chi connectivity index (χ1v) is 10.3. The Hall–Kier alpha value is -2.00. The van der Waals surface area contributed by atoms with Gasteiger partial charge in [0.2, 0.25) is 11.8 Å².